The monoisotopic (exact) mass is 292 g/mol. The van der Waals surface area contributed by atoms with Crippen LogP contribution in [-0.2, 0) is 13.6 Å². The molecule has 0 unspecified atom stereocenters. The van der Waals surface area contributed by atoms with Crippen molar-refractivity contribution < 1.29 is 13.6 Å². The van der Waals surface area contributed by atoms with Crippen LogP contribution in [0.5, 0.6) is 0 Å². The first-order valence-electron chi connectivity index (χ1n) is 7.82. The van der Waals surface area contributed by atoms with Gasteiger partial charge >= 0.3 is 8.60 Å². The van der Waals surface area contributed by atoms with Crippen molar-refractivity contribution >= 4 is 8.60 Å². The highest BCUT2D eigenvalue weighted by molar-refractivity contribution is 7.41. The van der Waals surface area contributed by atoms with Crippen LogP contribution in [0.4, 0.5) is 0 Å². The van der Waals surface area contributed by atoms with Gasteiger partial charge in [-0.2, -0.15) is 0 Å². The fourth-order valence-corrected chi connectivity index (χ4v) is 2.77. The molecule has 0 N–H and O–H groups in total. The molecule has 0 aromatic heterocycles. The van der Waals surface area contributed by atoms with E-state index in [2.05, 4.69) is 6.92 Å². The van der Waals surface area contributed by atoms with E-state index in [1.165, 1.54) is 38.5 Å². The molecule has 0 aliphatic rings. The molecule has 3 nitrogen and oxygen atoms in total. The van der Waals surface area contributed by atoms with Crippen molar-refractivity contribution in [3.63, 3.8) is 0 Å². The van der Waals surface area contributed by atoms with Crippen LogP contribution >= 0.6 is 8.60 Å². The van der Waals surface area contributed by atoms with Crippen molar-refractivity contribution in [1.82, 2.24) is 0 Å². The highest BCUT2D eigenvalue weighted by Crippen LogP contribution is 2.42. The second-order valence-electron chi connectivity index (χ2n) is 5.49. The van der Waals surface area contributed by atoms with Crippen molar-refractivity contribution in [3.05, 3.63) is 0 Å². The molecule has 0 radical (unpaired) electrons. The molecular weight excluding hydrogens is 259 g/mol. The summed E-state index contributed by atoms with van der Waals surface area (Å²) in [6, 6.07) is 0. The van der Waals surface area contributed by atoms with E-state index in [0.29, 0.717) is 0 Å². The van der Waals surface area contributed by atoms with Gasteiger partial charge in [-0.1, -0.05) is 45.4 Å². The molecule has 0 amide bonds. The van der Waals surface area contributed by atoms with Crippen LogP contribution in [0.3, 0.4) is 0 Å². The summed E-state index contributed by atoms with van der Waals surface area (Å²) in [4.78, 5) is 0. The SMILES string of the molecule is CCCCCCCCCOP(OC(C)C)OC(C)C. The molecule has 19 heavy (non-hydrogen) atoms. The third kappa shape index (κ3) is 14.5. The van der Waals surface area contributed by atoms with Crippen molar-refractivity contribution in [3.8, 4) is 0 Å². The normalized spacial score (nSPS) is 12.0. The average molecular weight is 292 g/mol. The molecule has 0 aliphatic heterocycles. The smallest absolute Gasteiger partial charge is 0.312 e. The van der Waals surface area contributed by atoms with Gasteiger partial charge in [0.2, 0.25) is 0 Å². The summed E-state index contributed by atoms with van der Waals surface area (Å²) in [6.45, 7) is 11.0. The molecule has 0 aliphatic carbocycles. The standard InChI is InChI=1S/C15H33O3P/c1-6-7-8-9-10-11-12-13-16-19(17-14(2)3)18-15(4)5/h14-15H,6-13H2,1-5H3. The number of hydrogen-bond donors (Lipinski definition) is 0. The summed E-state index contributed by atoms with van der Waals surface area (Å²) >= 11 is 0. The van der Waals surface area contributed by atoms with E-state index in [9.17, 15) is 0 Å². The van der Waals surface area contributed by atoms with Gasteiger partial charge in [-0.05, 0) is 34.1 Å². The second-order valence-corrected chi connectivity index (χ2v) is 6.61. The van der Waals surface area contributed by atoms with E-state index in [-0.39, 0.29) is 12.2 Å². The summed E-state index contributed by atoms with van der Waals surface area (Å²) in [7, 11) is -1.17. The zero-order valence-electron chi connectivity index (χ0n) is 13.5. The molecule has 0 heterocycles. The van der Waals surface area contributed by atoms with Crippen molar-refractivity contribution in [2.45, 2.75) is 91.8 Å². The van der Waals surface area contributed by atoms with Gasteiger partial charge in [-0.15, -0.1) is 0 Å². The third-order valence-electron chi connectivity index (χ3n) is 2.54. The fourth-order valence-electron chi connectivity index (χ4n) is 1.63. The Kier molecular flexibility index (Phi) is 13.5. The first-order valence-corrected chi connectivity index (χ1v) is 8.92. The van der Waals surface area contributed by atoms with Crippen molar-refractivity contribution in [1.29, 1.82) is 0 Å². The quantitative estimate of drug-likeness (QED) is 0.316. The van der Waals surface area contributed by atoms with Crippen LogP contribution in [0.2, 0.25) is 0 Å². The minimum absolute atomic E-state index is 0.152. The summed E-state index contributed by atoms with van der Waals surface area (Å²) in [5.74, 6) is 0. The highest BCUT2D eigenvalue weighted by Gasteiger charge is 2.16. The summed E-state index contributed by atoms with van der Waals surface area (Å²) in [5.41, 5.74) is 0. The van der Waals surface area contributed by atoms with Gasteiger partial charge < -0.3 is 13.6 Å². The molecule has 0 atom stereocenters. The lowest BCUT2D eigenvalue weighted by Crippen LogP contribution is -2.07. The van der Waals surface area contributed by atoms with Gasteiger partial charge in [-0.3, -0.25) is 0 Å². The van der Waals surface area contributed by atoms with Gasteiger partial charge in [0.25, 0.3) is 0 Å². The van der Waals surface area contributed by atoms with Crippen LogP contribution in [0, 0.1) is 0 Å². The summed E-state index contributed by atoms with van der Waals surface area (Å²) < 4.78 is 17.0. The van der Waals surface area contributed by atoms with Crippen LogP contribution < -0.4 is 0 Å². The van der Waals surface area contributed by atoms with Gasteiger partial charge in [-0.25, -0.2) is 0 Å². The van der Waals surface area contributed by atoms with Gasteiger partial charge in [0, 0.05) is 0 Å². The van der Waals surface area contributed by atoms with Crippen molar-refractivity contribution in [2.75, 3.05) is 6.61 Å². The molecular formula is C15H33O3P. The van der Waals surface area contributed by atoms with Crippen LogP contribution in [-0.4, -0.2) is 18.8 Å². The Bertz CT molecular complexity index is 176. The lowest BCUT2D eigenvalue weighted by molar-refractivity contribution is 0.111. The van der Waals surface area contributed by atoms with E-state index >= 15 is 0 Å². The van der Waals surface area contributed by atoms with Crippen LogP contribution in [0.15, 0.2) is 0 Å². The Morgan fingerprint density at radius 2 is 1.21 bits per heavy atom. The Balaban J connectivity index is 3.52. The molecule has 0 saturated heterocycles. The van der Waals surface area contributed by atoms with Gasteiger partial charge in [0.1, 0.15) is 0 Å². The minimum Gasteiger partial charge on any atom is -0.312 e. The molecule has 0 fully saturated rings. The predicted molar refractivity (Wildman–Crippen MR) is 83.3 cm³/mol. The highest BCUT2D eigenvalue weighted by atomic mass is 31.2. The maximum Gasteiger partial charge on any atom is 0.333 e. The molecule has 0 saturated carbocycles. The molecule has 116 valence electrons. The Labute approximate surface area is 121 Å². The molecule has 0 rings (SSSR count). The number of unbranched alkanes of at least 4 members (excludes halogenated alkanes) is 6. The largest absolute Gasteiger partial charge is 0.333 e. The Morgan fingerprint density at radius 3 is 1.68 bits per heavy atom. The maximum absolute atomic E-state index is 5.71. The second kappa shape index (κ2) is 13.3. The van der Waals surface area contributed by atoms with E-state index in [0.717, 1.165) is 13.0 Å². The molecule has 0 aromatic rings. The number of rotatable bonds is 13. The third-order valence-corrected chi connectivity index (χ3v) is 4.12. The predicted octanol–water partition coefficient (Wildman–Crippen LogP) is 5.83. The topological polar surface area (TPSA) is 27.7 Å². The van der Waals surface area contributed by atoms with E-state index in [1.807, 2.05) is 27.7 Å². The average Bonchev–Trinajstić information content (AvgIpc) is 2.30. The Morgan fingerprint density at radius 1 is 0.737 bits per heavy atom. The maximum atomic E-state index is 5.71. The lowest BCUT2D eigenvalue weighted by atomic mass is 10.1. The molecule has 0 aromatic carbocycles. The summed E-state index contributed by atoms with van der Waals surface area (Å²) in [5, 5.41) is 0. The zero-order valence-corrected chi connectivity index (χ0v) is 14.4. The van der Waals surface area contributed by atoms with Crippen molar-refractivity contribution in [2.24, 2.45) is 0 Å². The minimum atomic E-state index is -1.17. The first-order chi connectivity index (χ1) is 9.06. The van der Waals surface area contributed by atoms with E-state index < -0.39 is 8.60 Å². The van der Waals surface area contributed by atoms with Gasteiger partial charge in [0.15, 0.2) is 0 Å². The fraction of sp³-hybridized carbons (Fsp3) is 1.00. The number of hydrogen-bond acceptors (Lipinski definition) is 3. The van der Waals surface area contributed by atoms with Gasteiger partial charge in [0.05, 0.1) is 18.8 Å². The first kappa shape index (κ1) is 19.3. The van der Waals surface area contributed by atoms with Crippen LogP contribution in [0.1, 0.15) is 79.6 Å². The van der Waals surface area contributed by atoms with Crippen LogP contribution in [0.25, 0.3) is 0 Å². The zero-order chi connectivity index (χ0) is 14.5. The Hall–Kier alpha value is 0.310. The molecule has 4 heteroatoms. The van der Waals surface area contributed by atoms with E-state index in [4.69, 9.17) is 13.6 Å². The molecule has 0 spiro atoms. The molecule has 0 bridgehead atoms. The lowest BCUT2D eigenvalue weighted by Gasteiger charge is -2.20. The van der Waals surface area contributed by atoms with E-state index in [1.54, 1.807) is 0 Å². The summed E-state index contributed by atoms with van der Waals surface area (Å²) in [6.07, 6.45) is 9.38.